The molecule has 2 aromatic carbocycles. The number of phenolic OH excluding ortho intramolecular Hbond substituents is 2. The molecule has 11 heteroatoms. The van der Waals surface area contributed by atoms with E-state index in [9.17, 15) is 28.5 Å². The van der Waals surface area contributed by atoms with Crippen LogP contribution in [0.15, 0.2) is 33.6 Å². The third-order valence-corrected chi connectivity index (χ3v) is 7.21. The molecule has 0 heterocycles. The molecule has 168 valence electrons. The average molecular weight is 534 g/mol. The standard InChI is InChI=1S/C20H22BrClN2O6S/c1-10-5-13(19(27)23-9-20(2,28)11-3-4-11)17(25)15(6-10)24-31(29,30)16-8-12(21)7-14(22)18(16)26/h5-8,11,24-26,28H,3-4,9H2,1-2H3,(H,23,27). The van der Waals surface area contributed by atoms with Crippen molar-refractivity contribution in [1.29, 1.82) is 0 Å². The van der Waals surface area contributed by atoms with Crippen molar-refractivity contribution >= 4 is 49.1 Å². The Hall–Kier alpha value is -2.01. The lowest BCUT2D eigenvalue weighted by molar-refractivity contribution is 0.0354. The first kappa shape index (κ1) is 23.6. The van der Waals surface area contributed by atoms with E-state index >= 15 is 0 Å². The number of halogens is 2. The molecule has 1 amide bonds. The van der Waals surface area contributed by atoms with Crippen LogP contribution in [-0.2, 0) is 10.0 Å². The van der Waals surface area contributed by atoms with Gasteiger partial charge in [0.15, 0.2) is 11.5 Å². The van der Waals surface area contributed by atoms with E-state index in [-0.39, 0.29) is 28.7 Å². The van der Waals surface area contributed by atoms with Crippen molar-refractivity contribution in [1.82, 2.24) is 5.32 Å². The second-order valence-corrected chi connectivity index (χ2v) is 10.8. The normalized spacial score (nSPS) is 15.9. The highest BCUT2D eigenvalue weighted by Crippen LogP contribution is 2.39. The van der Waals surface area contributed by atoms with Crippen molar-refractivity contribution < 1.29 is 28.5 Å². The number of hydrogen-bond acceptors (Lipinski definition) is 6. The van der Waals surface area contributed by atoms with Crippen LogP contribution in [-0.4, -0.2) is 41.8 Å². The van der Waals surface area contributed by atoms with Gasteiger partial charge in [0.1, 0.15) is 4.90 Å². The number of nitrogens with one attached hydrogen (secondary N) is 2. The van der Waals surface area contributed by atoms with Crippen molar-refractivity contribution in [3.05, 3.63) is 44.9 Å². The minimum Gasteiger partial charge on any atom is -0.505 e. The number of anilines is 1. The fourth-order valence-corrected chi connectivity index (χ4v) is 5.40. The number of aliphatic hydroxyl groups is 1. The van der Waals surface area contributed by atoms with E-state index in [1.54, 1.807) is 13.8 Å². The summed E-state index contributed by atoms with van der Waals surface area (Å²) in [6.45, 7) is 3.26. The highest BCUT2D eigenvalue weighted by molar-refractivity contribution is 9.10. The smallest absolute Gasteiger partial charge is 0.265 e. The van der Waals surface area contributed by atoms with Crippen molar-refractivity contribution in [2.45, 2.75) is 37.2 Å². The van der Waals surface area contributed by atoms with Crippen LogP contribution in [0.25, 0.3) is 0 Å². The van der Waals surface area contributed by atoms with Crippen LogP contribution in [0, 0.1) is 12.8 Å². The molecule has 0 aliphatic heterocycles. The second kappa shape index (κ2) is 8.50. The second-order valence-electron chi connectivity index (χ2n) is 7.86. The summed E-state index contributed by atoms with van der Waals surface area (Å²) >= 11 is 8.97. The van der Waals surface area contributed by atoms with Gasteiger partial charge in [0.05, 0.1) is 21.9 Å². The first-order valence-electron chi connectivity index (χ1n) is 9.37. The molecule has 0 spiro atoms. The van der Waals surface area contributed by atoms with Gasteiger partial charge in [0.25, 0.3) is 15.9 Å². The van der Waals surface area contributed by atoms with Gasteiger partial charge in [-0.1, -0.05) is 27.5 Å². The summed E-state index contributed by atoms with van der Waals surface area (Å²) in [5, 5.41) is 33.4. The number of carbonyl (C=O) groups excluding carboxylic acids is 1. The Morgan fingerprint density at radius 2 is 1.87 bits per heavy atom. The summed E-state index contributed by atoms with van der Waals surface area (Å²) in [6, 6.07) is 5.24. The molecular formula is C20H22BrClN2O6S. The minimum atomic E-state index is -4.36. The number of benzene rings is 2. The maximum atomic E-state index is 12.8. The molecule has 1 aliphatic rings. The quantitative estimate of drug-likeness (QED) is 0.346. The van der Waals surface area contributed by atoms with Crippen molar-refractivity contribution in [3.63, 3.8) is 0 Å². The lowest BCUT2D eigenvalue weighted by atomic mass is 10.0. The maximum absolute atomic E-state index is 12.8. The van der Waals surface area contributed by atoms with Crippen molar-refractivity contribution in [2.24, 2.45) is 5.92 Å². The molecule has 1 atom stereocenters. The number of hydrogen-bond donors (Lipinski definition) is 5. The van der Waals surface area contributed by atoms with Crippen LogP contribution in [0.1, 0.15) is 35.7 Å². The van der Waals surface area contributed by atoms with E-state index in [1.165, 1.54) is 18.2 Å². The molecule has 1 fully saturated rings. The fourth-order valence-electron chi connectivity index (χ4n) is 3.18. The van der Waals surface area contributed by atoms with Gasteiger partial charge < -0.3 is 20.6 Å². The summed E-state index contributed by atoms with van der Waals surface area (Å²) < 4.78 is 28.1. The Labute approximate surface area is 193 Å². The summed E-state index contributed by atoms with van der Waals surface area (Å²) in [5.74, 6) is -1.77. The van der Waals surface area contributed by atoms with E-state index in [0.29, 0.717) is 10.0 Å². The summed E-state index contributed by atoms with van der Waals surface area (Å²) in [7, 11) is -4.36. The fraction of sp³-hybridized carbons (Fsp3) is 0.350. The molecular weight excluding hydrogens is 512 g/mol. The molecule has 0 saturated heterocycles. The molecule has 0 radical (unpaired) electrons. The summed E-state index contributed by atoms with van der Waals surface area (Å²) in [6.07, 6.45) is 1.77. The monoisotopic (exact) mass is 532 g/mol. The third-order valence-electron chi connectivity index (χ3n) is 5.09. The molecule has 31 heavy (non-hydrogen) atoms. The van der Waals surface area contributed by atoms with Crippen LogP contribution < -0.4 is 10.0 Å². The molecule has 0 aromatic heterocycles. The zero-order valence-electron chi connectivity index (χ0n) is 16.7. The van der Waals surface area contributed by atoms with Crippen LogP contribution in [0.4, 0.5) is 5.69 Å². The third kappa shape index (κ3) is 5.25. The molecule has 3 rings (SSSR count). The van der Waals surface area contributed by atoms with Crippen LogP contribution in [0.3, 0.4) is 0 Å². The van der Waals surface area contributed by atoms with E-state index in [0.717, 1.165) is 18.9 Å². The van der Waals surface area contributed by atoms with E-state index in [2.05, 4.69) is 26.0 Å². The number of phenols is 2. The summed E-state index contributed by atoms with van der Waals surface area (Å²) in [5.41, 5.74) is -0.946. The van der Waals surface area contributed by atoms with Crippen molar-refractivity contribution in [3.8, 4) is 11.5 Å². The zero-order valence-corrected chi connectivity index (χ0v) is 19.9. The first-order chi connectivity index (χ1) is 14.3. The van der Waals surface area contributed by atoms with Gasteiger partial charge in [-0.2, -0.15) is 0 Å². The Kier molecular flexibility index (Phi) is 6.48. The molecule has 0 bridgehead atoms. The van der Waals surface area contributed by atoms with E-state index in [1.807, 2.05) is 0 Å². The highest BCUT2D eigenvalue weighted by atomic mass is 79.9. The Morgan fingerprint density at radius 1 is 1.23 bits per heavy atom. The SMILES string of the molecule is Cc1cc(NS(=O)(=O)c2cc(Br)cc(Cl)c2O)c(O)c(C(=O)NCC(C)(O)C2CC2)c1. The average Bonchev–Trinajstić information content (AvgIpc) is 3.51. The molecule has 8 nitrogen and oxygen atoms in total. The van der Waals surface area contributed by atoms with Gasteiger partial charge in [-0.25, -0.2) is 8.42 Å². The number of amides is 1. The first-order valence-corrected chi connectivity index (χ1v) is 12.0. The molecule has 1 saturated carbocycles. The van der Waals surface area contributed by atoms with Crippen molar-refractivity contribution in [2.75, 3.05) is 11.3 Å². The highest BCUT2D eigenvalue weighted by Gasteiger charge is 2.40. The van der Waals surface area contributed by atoms with Gasteiger partial charge in [-0.3, -0.25) is 9.52 Å². The Bertz CT molecular complexity index is 1150. The lowest BCUT2D eigenvalue weighted by Crippen LogP contribution is -2.42. The predicted molar refractivity (Wildman–Crippen MR) is 120 cm³/mol. The molecule has 2 aromatic rings. The Morgan fingerprint density at radius 3 is 2.48 bits per heavy atom. The number of aromatic hydroxyl groups is 2. The van der Waals surface area contributed by atoms with Crippen LogP contribution in [0.5, 0.6) is 11.5 Å². The number of carbonyl (C=O) groups is 1. The van der Waals surface area contributed by atoms with Gasteiger partial charge in [0.2, 0.25) is 0 Å². The van der Waals surface area contributed by atoms with Crippen LogP contribution >= 0.6 is 27.5 Å². The summed E-state index contributed by atoms with van der Waals surface area (Å²) in [4.78, 5) is 12.1. The number of aryl methyl sites for hydroxylation is 1. The minimum absolute atomic E-state index is 0.00461. The topological polar surface area (TPSA) is 136 Å². The number of sulfonamides is 1. The molecule has 5 N–H and O–H groups in total. The van der Waals surface area contributed by atoms with Gasteiger partial charge in [0, 0.05) is 11.0 Å². The lowest BCUT2D eigenvalue weighted by Gasteiger charge is -2.23. The van der Waals surface area contributed by atoms with Gasteiger partial charge in [-0.05, 0) is 62.4 Å². The zero-order chi connectivity index (χ0) is 23.1. The van der Waals surface area contributed by atoms with Crippen LogP contribution in [0.2, 0.25) is 5.02 Å². The molecule has 1 unspecified atom stereocenters. The maximum Gasteiger partial charge on any atom is 0.265 e. The van der Waals surface area contributed by atoms with Gasteiger partial charge in [-0.15, -0.1) is 0 Å². The molecule has 1 aliphatic carbocycles. The van der Waals surface area contributed by atoms with E-state index in [4.69, 9.17) is 11.6 Å². The number of rotatable bonds is 7. The van der Waals surface area contributed by atoms with Gasteiger partial charge >= 0.3 is 0 Å². The Balaban J connectivity index is 1.89. The van der Waals surface area contributed by atoms with E-state index < -0.39 is 37.9 Å². The predicted octanol–water partition coefficient (Wildman–Crippen LogP) is 3.51. The largest absolute Gasteiger partial charge is 0.505 e.